The largest absolute Gasteiger partial charge is 0.326 e. The molecule has 110 valence electrons. The minimum atomic E-state index is -0.206. The first-order chi connectivity index (χ1) is 10.6. The second kappa shape index (κ2) is 5.90. The molecule has 3 aromatic rings. The molecule has 0 radical (unpaired) electrons. The molecular weight excluding hydrogens is 300 g/mol. The number of fused-ring (bicyclic) bond motifs is 1. The van der Waals surface area contributed by atoms with Gasteiger partial charge >= 0.3 is 0 Å². The molecule has 0 aliphatic heterocycles. The molecule has 1 heterocycles. The number of hydrogen-bond acceptors (Lipinski definition) is 5. The Hall–Kier alpha value is -2.80. The Bertz CT molecular complexity index is 842. The maximum absolute atomic E-state index is 12.2. The molecule has 2 N–H and O–H groups in total. The minimum absolute atomic E-state index is 0.136. The molecule has 0 spiro atoms. The van der Waals surface area contributed by atoms with E-state index in [9.17, 15) is 9.59 Å². The average Bonchev–Trinajstić information content (AvgIpc) is 2.96. The monoisotopic (exact) mass is 312 g/mol. The van der Waals surface area contributed by atoms with Crippen LogP contribution in [-0.2, 0) is 4.79 Å². The number of carbonyl (C=O) groups excluding carboxylic acids is 2. The van der Waals surface area contributed by atoms with Crippen molar-refractivity contribution in [1.29, 1.82) is 0 Å². The van der Waals surface area contributed by atoms with Crippen LogP contribution >= 0.6 is 11.5 Å². The van der Waals surface area contributed by atoms with Crippen molar-refractivity contribution in [3.8, 4) is 0 Å². The summed E-state index contributed by atoms with van der Waals surface area (Å²) in [7, 11) is 0. The minimum Gasteiger partial charge on any atom is -0.326 e. The predicted molar refractivity (Wildman–Crippen MR) is 86.1 cm³/mol. The second-order valence-electron chi connectivity index (χ2n) is 4.67. The number of anilines is 2. The maximum atomic E-state index is 12.2. The van der Waals surface area contributed by atoms with Gasteiger partial charge in [-0.05, 0) is 54.0 Å². The maximum Gasteiger partial charge on any atom is 0.255 e. The van der Waals surface area contributed by atoms with E-state index in [1.165, 1.54) is 18.5 Å². The van der Waals surface area contributed by atoms with E-state index in [2.05, 4.69) is 20.2 Å². The highest BCUT2D eigenvalue weighted by Gasteiger charge is 2.08. The summed E-state index contributed by atoms with van der Waals surface area (Å²) in [4.78, 5) is 23.2. The van der Waals surface area contributed by atoms with E-state index in [1.54, 1.807) is 42.5 Å². The van der Waals surface area contributed by atoms with Gasteiger partial charge in [0.15, 0.2) is 0 Å². The van der Waals surface area contributed by atoms with Crippen LogP contribution in [0.1, 0.15) is 17.3 Å². The summed E-state index contributed by atoms with van der Waals surface area (Å²) in [5.41, 5.74) is 2.66. The van der Waals surface area contributed by atoms with Crippen molar-refractivity contribution < 1.29 is 9.59 Å². The Labute approximate surface area is 130 Å². The van der Waals surface area contributed by atoms with E-state index < -0.39 is 0 Å². The molecule has 0 saturated carbocycles. The predicted octanol–water partition coefficient (Wildman–Crippen LogP) is 2.90. The summed E-state index contributed by atoms with van der Waals surface area (Å²) in [6, 6.07) is 12.2. The lowest BCUT2D eigenvalue weighted by atomic mass is 10.2. The number of aromatic nitrogens is 2. The van der Waals surface area contributed by atoms with Crippen LogP contribution in [0.4, 0.5) is 11.4 Å². The van der Waals surface area contributed by atoms with Gasteiger partial charge in [0.25, 0.3) is 5.91 Å². The Morgan fingerprint density at radius 2 is 1.68 bits per heavy atom. The normalized spacial score (nSPS) is 10.4. The van der Waals surface area contributed by atoms with Crippen LogP contribution in [0.3, 0.4) is 0 Å². The second-order valence-corrected chi connectivity index (χ2v) is 5.45. The molecular formula is C15H12N4O2S. The molecule has 0 bridgehead atoms. The van der Waals surface area contributed by atoms with Gasteiger partial charge in [0.05, 0.1) is 4.70 Å². The lowest BCUT2D eigenvalue weighted by Gasteiger charge is -2.07. The smallest absolute Gasteiger partial charge is 0.255 e. The van der Waals surface area contributed by atoms with Crippen molar-refractivity contribution >= 4 is 44.9 Å². The van der Waals surface area contributed by atoms with Gasteiger partial charge in [0.1, 0.15) is 5.52 Å². The molecule has 2 amide bonds. The SMILES string of the molecule is CC(=O)Nc1ccc(NC(=O)c2ccc3nnsc3c2)cc1. The lowest BCUT2D eigenvalue weighted by Crippen LogP contribution is -2.12. The molecule has 22 heavy (non-hydrogen) atoms. The zero-order valence-corrected chi connectivity index (χ0v) is 12.5. The number of benzene rings is 2. The summed E-state index contributed by atoms with van der Waals surface area (Å²) in [6.45, 7) is 1.44. The summed E-state index contributed by atoms with van der Waals surface area (Å²) >= 11 is 1.25. The van der Waals surface area contributed by atoms with Crippen molar-refractivity contribution in [2.45, 2.75) is 6.92 Å². The molecule has 1 aromatic heterocycles. The van der Waals surface area contributed by atoms with E-state index in [0.29, 0.717) is 16.9 Å². The topological polar surface area (TPSA) is 84.0 Å². The summed E-state index contributed by atoms with van der Waals surface area (Å²) in [5.74, 6) is -0.342. The number of rotatable bonds is 3. The van der Waals surface area contributed by atoms with Gasteiger partial charge < -0.3 is 10.6 Å². The molecule has 2 aromatic carbocycles. The van der Waals surface area contributed by atoms with Gasteiger partial charge in [0.2, 0.25) is 5.91 Å². The molecule has 0 aliphatic rings. The fourth-order valence-electron chi connectivity index (χ4n) is 1.96. The average molecular weight is 312 g/mol. The zero-order valence-electron chi connectivity index (χ0n) is 11.7. The Morgan fingerprint density at radius 1 is 1.00 bits per heavy atom. The molecule has 7 heteroatoms. The highest BCUT2D eigenvalue weighted by molar-refractivity contribution is 7.12. The molecule has 0 unspecified atom stereocenters. The Balaban J connectivity index is 1.74. The van der Waals surface area contributed by atoms with Gasteiger partial charge in [-0.3, -0.25) is 9.59 Å². The highest BCUT2D eigenvalue weighted by Crippen LogP contribution is 2.19. The molecule has 0 saturated heterocycles. The quantitative estimate of drug-likeness (QED) is 0.779. The molecule has 0 atom stereocenters. The molecule has 6 nitrogen and oxygen atoms in total. The van der Waals surface area contributed by atoms with Crippen LogP contribution in [0, 0.1) is 0 Å². The van der Waals surface area contributed by atoms with E-state index >= 15 is 0 Å². The third-order valence-corrected chi connectivity index (χ3v) is 3.66. The van der Waals surface area contributed by atoms with E-state index in [-0.39, 0.29) is 11.8 Å². The van der Waals surface area contributed by atoms with Crippen LogP contribution in [0.2, 0.25) is 0 Å². The highest BCUT2D eigenvalue weighted by atomic mass is 32.1. The third-order valence-electron chi connectivity index (χ3n) is 2.97. The van der Waals surface area contributed by atoms with E-state index in [0.717, 1.165) is 10.2 Å². The number of amides is 2. The van der Waals surface area contributed by atoms with Gasteiger partial charge in [0, 0.05) is 23.9 Å². The van der Waals surface area contributed by atoms with Crippen molar-refractivity contribution in [2.24, 2.45) is 0 Å². The zero-order chi connectivity index (χ0) is 15.5. The Morgan fingerprint density at radius 3 is 2.36 bits per heavy atom. The first-order valence-electron chi connectivity index (χ1n) is 6.53. The van der Waals surface area contributed by atoms with Crippen molar-refractivity contribution in [3.63, 3.8) is 0 Å². The molecule has 3 rings (SSSR count). The Kier molecular flexibility index (Phi) is 3.80. The first kappa shape index (κ1) is 14.2. The van der Waals surface area contributed by atoms with Gasteiger partial charge in [-0.2, -0.15) is 0 Å². The summed E-state index contributed by atoms with van der Waals surface area (Å²) in [5, 5.41) is 9.42. The lowest BCUT2D eigenvalue weighted by molar-refractivity contribution is -0.114. The summed E-state index contributed by atoms with van der Waals surface area (Å²) < 4.78 is 4.71. The van der Waals surface area contributed by atoms with Crippen LogP contribution < -0.4 is 10.6 Å². The molecule has 0 fully saturated rings. The van der Waals surface area contributed by atoms with Crippen LogP contribution in [-0.4, -0.2) is 21.4 Å². The number of nitrogens with one attached hydrogen (secondary N) is 2. The summed E-state index contributed by atoms with van der Waals surface area (Å²) in [6.07, 6.45) is 0. The van der Waals surface area contributed by atoms with Crippen molar-refractivity contribution in [2.75, 3.05) is 10.6 Å². The van der Waals surface area contributed by atoms with Gasteiger partial charge in [-0.25, -0.2) is 0 Å². The van der Waals surface area contributed by atoms with Crippen LogP contribution in [0.25, 0.3) is 10.2 Å². The van der Waals surface area contributed by atoms with Gasteiger partial charge in [-0.1, -0.05) is 4.49 Å². The van der Waals surface area contributed by atoms with Crippen LogP contribution in [0.15, 0.2) is 42.5 Å². The van der Waals surface area contributed by atoms with Crippen LogP contribution in [0.5, 0.6) is 0 Å². The standard InChI is InChI=1S/C15H12N4O2S/c1-9(20)16-11-3-5-12(6-4-11)17-15(21)10-2-7-13-14(8-10)22-19-18-13/h2-8H,1H3,(H,16,20)(H,17,21). The van der Waals surface area contributed by atoms with E-state index in [4.69, 9.17) is 0 Å². The number of nitrogens with zero attached hydrogens (tertiary/aromatic N) is 2. The fraction of sp³-hybridized carbons (Fsp3) is 0.0667. The number of hydrogen-bond donors (Lipinski definition) is 2. The third kappa shape index (κ3) is 3.09. The van der Waals surface area contributed by atoms with Crippen molar-refractivity contribution in [3.05, 3.63) is 48.0 Å². The van der Waals surface area contributed by atoms with Crippen molar-refractivity contribution in [1.82, 2.24) is 9.59 Å². The fourth-order valence-corrected chi connectivity index (χ4v) is 2.56. The first-order valence-corrected chi connectivity index (χ1v) is 7.30. The molecule has 0 aliphatic carbocycles. The van der Waals surface area contributed by atoms with Gasteiger partial charge in [-0.15, -0.1) is 5.10 Å². The van der Waals surface area contributed by atoms with E-state index in [1.807, 2.05) is 0 Å². The number of carbonyl (C=O) groups is 2.